The molecule has 2 heterocycles. The Kier molecular flexibility index (Phi) is 6.50. The van der Waals surface area contributed by atoms with Crippen LogP contribution in [0.2, 0.25) is 0 Å². The number of nitrogens with zero attached hydrogens (tertiary/aromatic N) is 3. The molecule has 0 N–H and O–H groups in total. The molecule has 1 aromatic heterocycles. The first-order valence-electron chi connectivity index (χ1n) is 10.7. The van der Waals surface area contributed by atoms with Gasteiger partial charge in [0.25, 0.3) is 5.91 Å². The molecule has 164 valence electrons. The van der Waals surface area contributed by atoms with Gasteiger partial charge in [0.2, 0.25) is 5.91 Å². The van der Waals surface area contributed by atoms with Crippen molar-refractivity contribution in [3.63, 3.8) is 0 Å². The fourth-order valence-electron chi connectivity index (χ4n) is 4.04. The van der Waals surface area contributed by atoms with Crippen LogP contribution in [0.3, 0.4) is 0 Å². The number of carbonyl (C=O) groups excluding carboxylic acids is 2. The minimum atomic E-state index is -0.278. The Hall–Kier alpha value is -3.67. The van der Waals surface area contributed by atoms with Crippen molar-refractivity contribution in [3.8, 4) is 16.9 Å². The van der Waals surface area contributed by atoms with Crippen LogP contribution in [0.25, 0.3) is 11.1 Å². The number of amides is 2. The molecular weight excluding hydrogens is 402 g/mol. The fourth-order valence-corrected chi connectivity index (χ4v) is 4.04. The van der Waals surface area contributed by atoms with Gasteiger partial charge in [-0.3, -0.25) is 14.6 Å². The monoisotopic (exact) mass is 429 g/mol. The van der Waals surface area contributed by atoms with Crippen molar-refractivity contribution in [2.75, 3.05) is 33.8 Å². The molecule has 0 radical (unpaired) electrons. The number of rotatable bonds is 5. The first-order chi connectivity index (χ1) is 15.5. The Morgan fingerprint density at radius 2 is 1.59 bits per heavy atom. The van der Waals surface area contributed by atoms with E-state index in [0.717, 1.165) is 22.4 Å². The van der Waals surface area contributed by atoms with Crippen molar-refractivity contribution in [2.45, 2.75) is 6.42 Å². The van der Waals surface area contributed by atoms with Gasteiger partial charge >= 0.3 is 0 Å². The van der Waals surface area contributed by atoms with Crippen molar-refractivity contribution in [1.82, 2.24) is 14.8 Å². The molecule has 0 spiro atoms. The van der Waals surface area contributed by atoms with E-state index in [0.29, 0.717) is 31.6 Å². The van der Waals surface area contributed by atoms with E-state index in [1.165, 1.54) is 0 Å². The predicted molar refractivity (Wildman–Crippen MR) is 123 cm³/mol. The van der Waals surface area contributed by atoms with Gasteiger partial charge in [-0.05, 0) is 47.4 Å². The Balaban J connectivity index is 1.49. The van der Waals surface area contributed by atoms with Gasteiger partial charge in [-0.1, -0.05) is 36.4 Å². The van der Waals surface area contributed by atoms with Gasteiger partial charge in [0.1, 0.15) is 5.75 Å². The lowest BCUT2D eigenvalue weighted by atomic mass is 9.95. The van der Waals surface area contributed by atoms with Gasteiger partial charge in [-0.2, -0.15) is 0 Å². The van der Waals surface area contributed by atoms with Crippen LogP contribution in [0.15, 0.2) is 73.1 Å². The number of carbonyl (C=O) groups is 2. The molecule has 4 rings (SSSR count). The average Bonchev–Trinajstić information content (AvgIpc) is 2.98. The summed E-state index contributed by atoms with van der Waals surface area (Å²) in [6, 6.07) is 19.6. The van der Waals surface area contributed by atoms with Crippen LogP contribution < -0.4 is 4.74 Å². The highest BCUT2D eigenvalue weighted by molar-refractivity contribution is 5.94. The van der Waals surface area contributed by atoms with Gasteiger partial charge in [-0.25, -0.2) is 0 Å². The third-order valence-corrected chi connectivity index (χ3v) is 5.95. The summed E-state index contributed by atoms with van der Waals surface area (Å²) in [5.41, 5.74) is 3.89. The molecular formula is C26H27N3O3. The standard InChI is InChI=1S/C26H27N3O3/c1-28-15-16-29(26(31)22-11-13-27-14-12-22)18-23(25(28)30)17-19-3-5-20(6-4-19)21-7-9-24(32-2)10-8-21/h3-14,23H,15-18H2,1-2H3/t23-/m1/s1. The third-order valence-electron chi connectivity index (χ3n) is 5.95. The van der Waals surface area contributed by atoms with Crippen LogP contribution in [0, 0.1) is 5.92 Å². The predicted octanol–water partition coefficient (Wildman–Crippen LogP) is 3.53. The molecule has 1 atom stereocenters. The lowest BCUT2D eigenvalue weighted by Crippen LogP contribution is -2.37. The topological polar surface area (TPSA) is 62.7 Å². The zero-order chi connectivity index (χ0) is 22.5. The van der Waals surface area contributed by atoms with Crippen molar-refractivity contribution >= 4 is 11.8 Å². The van der Waals surface area contributed by atoms with E-state index in [-0.39, 0.29) is 17.7 Å². The molecule has 1 aliphatic heterocycles. The van der Waals surface area contributed by atoms with Crippen LogP contribution in [-0.4, -0.2) is 60.4 Å². The third kappa shape index (κ3) is 4.80. The van der Waals surface area contributed by atoms with Crippen LogP contribution in [0.4, 0.5) is 0 Å². The van der Waals surface area contributed by atoms with Crippen molar-refractivity contribution in [1.29, 1.82) is 0 Å². The number of hydrogen-bond acceptors (Lipinski definition) is 4. The van der Waals surface area contributed by atoms with E-state index in [9.17, 15) is 9.59 Å². The lowest BCUT2D eigenvalue weighted by Gasteiger charge is -2.23. The van der Waals surface area contributed by atoms with Crippen LogP contribution in [0.1, 0.15) is 15.9 Å². The second-order valence-electron chi connectivity index (χ2n) is 8.07. The van der Waals surface area contributed by atoms with Crippen molar-refractivity contribution in [3.05, 3.63) is 84.2 Å². The van der Waals surface area contributed by atoms with Crippen LogP contribution >= 0.6 is 0 Å². The molecule has 1 saturated heterocycles. The summed E-state index contributed by atoms with van der Waals surface area (Å²) < 4.78 is 5.22. The Bertz CT molecular complexity index is 1070. The molecule has 6 nitrogen and oxygen atoms in total. The molecule has 2 aromatic carbocycles. The molecule has 1 fully saturated rings. The van der Waals surface area contributed by atoms with Crippen molar-refractivity contribution in [2.24, 2.45) is 5.92 Å². The summed E-state index contributed by atoms with van der Waals surface area (Å²) in [6.07, 6.45) is 3.82. The maximum absolute atomic E-state index is 13.0. The van der Waals surface area contributed by atoms with Gasteiger partial charge in [0.05, 0.1) is 13.0 Å². The molecule has 0 unspecified atom stereocenters. The molecule has 0 saturated carbocycles. The quantitative estimate of drug-likeness (QED) is 0.623. The second kappa shape index (κ2) is 9.64. The highest BCUT2D eigenvalue weighted by Gasteiger charge is 2.31. The zero-order valence-electron chi connectivity index (χ0n) is 18.4. The summed E-state index contributed by atoms with van der Waals surface area (Å²) in [4.78, 5) is 33.4. The van der Waals surface area contributed by atoms with Crippen LogP contribution in [-0.2, 0) is 11.2 Å². The first-order valence-corrected chi connectivity index (χ1v) is 10.7. The fraction of sp³-hybridized carbons (Fsp3) is 0.269. The maximum Gasteiger partial charge on any atom is 0.254 e. The number of benzene rings is 2. The molecule has 3 aromatic rings. The summed E-state index contributed by atoms with van der Waals surface area (Å²) in [5, 5.41) is 0. The van der Waals surface area contributed by atoms with E-state index >= 15 is 0 Å². The van der Waals surface area contributed by atoms with Gasteiger partial charge in [0, 0.05) is 44.6 Å². The Morgan fingerprint density at radius 3 is 2.22 bits per heavy atom. The molecule has 0 bridgehead atoms. The largest absolute Gasteiger partial charge is 0.497 e. The lowest BCUT2D eigenvalue weighted by molar-refractivity contribution is -0.133. The van der Waals surface area contributed by atoms with Gasteiger partial charge in [-0.15, -0.1) is 0 Å². The minimum absolute atomic E-state index is 0.0599. The van der Waals surface area contributed by atoms with Gasteiger partial charge in [0.15, 0.2) is 0 Å². The van der Waals surface area contributed by atoms with Gasteiger partial charge < -0.3 is 14.5 Å². The van der Waals surface area contributed by atoms with E-state index in [4.69, 9.17) is 4.74 Å². The Morgan fingerprint density at radius 1 is 0.969 bits per heavy atom. The first kappa shape index (κ1) is 21.6. The summed E-state index contributed by atoms with van der Waals surface area (Å²) >= 11 is 0. The SMILES string of the molecule is COc1ccc(-c2ccc(C[C@@H]3CN(C(=O)c4ccncc4)CCN(C)C3=O)cc2)cc1. The molecule has 32 heavy (non-hydrogen) atoms. The zero-order valence-corrected chi connectivity index (χ0v) is 18.4. The van der Waals surface area contributed by atoms with Crippen LogP contribution in [0.5, 0.6) is 5.75 Å². The molecule has 0 aliphatic carbocycles. The Labute approximate surface area is 188 Å². The normalized spacial score (nSPS) is 16.6. The number of aromatic nitrogens is 1. The number of hydrogen-bond donors (Lipinski definition) is 0. The molecule has 6 heteroatoms. The average molecular weight is 430 g/mol. The van der Waals surface area contributed by atoms with E-state index in [2.05, 4.69) is 29.2 Å². The minimum Gasteiger partial charge on any atom is -0.497 e. The van der Waals surface area contributed by atoms with E-state index in [1.54, 1.807) is 41.4 Å². The summed E-state index contributed by atoms with van der Waals surface area (Å²) in [7, 11) is 3.46. The number of likely N-dealkylation sites (N-methyl/N-ethyl adjacent to an activating group) is 1. The van der Waals surface area contributed by atoms with Crippen molar-refractivity contribution < 1.29 is 14.3 Å². The smallest absolute Gasteiger partial charge is 0.254 e. The van der Waals surface area contributed by atoms with E-state index < -0.39 is 0 Å². The summed E-state index contributed by atoms with van der Waals surface area (Å²) in [6.45, 7) is 1.46. The van der Waals surface area contributed by atoms with E-state index in [1.807, 2.05) is 31.3 Å². The highest BCUT2D eigenvalue weighted by atomic mass is 16.5. The number of ether oxygens (including phenoxy) is 1. The summed E-state index contributed by atoms with van der Waals surface area (Å²) in [5.74, 6) is 0.567. The number of pyridine rings is 1. The highest BCUT2D eigenvalue weighted by Crippen LogP contribution is 2.24. The molecule has 2 amide bonds. The number of methoxy groups -OCH3 is 1. The second-order valence-corrected chi connectivity index (χ2v) is 8.07. The maximum atomic E-state index is 13.0. The molecule has 1 aliphatic rings.